The summed E-state index contributed by atoms with van der Waals surface area (Å²) >= 11 is 5.95. The fourth-order valence-corrected chi connectivity index (χ4v) is 2.95. The first-order valence-electron chi connectivity index (χ1n) is 9.57. The second-order valence-electron chi connectivity index (χ2n) is 7.14. The molecule has 2 N–H and O–H groups in total. The molecule has 0 aliphatic heterocycles. The van der Waals surface area contributed by atoms with E-state index in [0.29, 0.717) is 25.2 Å². The summed E-state index contributed by atoms with van der Waals surface area (Å²) in [6.07, 6.45) is 0. The van der Waals surface area contributed by atoms with E-state index in [9.17, 15) is 4.79 Å². The first-order chi connectivity index (χ1) is 13.9. The monoisotopic (exact) mass is 415 g/mol. The van der Waals surface area contributed by atoms with Gasteiger partial charge in [0.05, 0.1) is 0 Å². The molecule has 7 heteroatoms. The van der Waals surface area contributed by atoms with E-state index in [1.54, 1.807) is 7.05 Å². The van der Waals surface area contributed by atoms with Gasteiger partial charge in [-0.15, -0.1) is 0 Å². The number of amides is 1. The van der Waals surface area contributed by atoms with Crippen molar-refractivity contribution in [1.82, 2.24) is 20.4 Å². The van der Waals surface area contributed by atoms with Gasteiger partial charge in [0.15, 0.2) is 5.96 Å². The third-order valence-electron chi connectivity index (χ3n) is 4.39. The Hall–Kier alpha value is -2.57. The Morgan fingerprint density at radius 1 is 1.03 bits per heavy atom. The van der Waals surface area contributed by atoms with E-state index in [0.717, 1.165) is 28.7 Å². The summed E-state index contributed by atoms with van der Waals surface area (Å²) in [7, 11) is 7.71. The van der Waals surface area contributed by atoms with E-state index < -0.39 is 0 Å². The molecule has 156 valence electrons. The molecule has 0 aliphatic rings. The molecule has 0 saturated heterocycles. The lowest BCUT2D eigenvalue weighted by molar-refractivity contribution is 0.0951. The van der Waals surface area contributed by atoms with Crippen molar-refractivity contribution in [3.8, 4) is 0 Å². The lowest BCUT2D eigenvalue weighted by Crippen LogP contribution is -2.38. The normalized spacial score (nSPS) is 11.4. The summed E-state index contributed by atoms with van der Waals surface area (Å²) < 4.78 is 0. The molecule has 0 radical (unpaired) electrons. The van der Waals surface area contributed by atoms with Crippen LogP contribution in [-0.4, -0.2) is 62.9 Å². The SMILES string of the molecule is CN=C(NCc1cccc(C(=O)NCCN(C)C)c1)N(C)Cc1ccc(Cl)cc1. The zero-order valence-corrected chi connectivity index (χ0v) is 18.3. The van der Waals surface area contributed by atoms with Crippen LogP contribution in [0.25, 0.3) is 0 Å². The molecule has 0 atom stereocenters. The van der Waals surface area contributed by atoms with Gasteiger partial charge in [0.25, 0.3) is 5.91 Å². The number of likely N-dealkylation sites (N-methyl/N-ethyl adjacent to an activating group) is 1. The molecular weight excluding hydrogens is 386 g/mol. The van der Waals surface area contributed by atoms with Gasteiger partial charge in [0, 0.05) is 50.9 Å². The smallest absolute Gasteiger partial charge is 0.251 e. The first-order valence-corrected chi connectivity index (χ1v) is 9.95. The number of rotatable bonds is 8. The van der Waals surface area contributed by atoms with Crippen molar-refractivity contribution in [3.05, 3.63) is 70.2 Å². The van der Waals surface area contributed by atoms with E-state index in [1.807, 2.05) is 79.5 Å². The standard InChI is InChI=1S/C22H30ClN5O/c1-24-22(28(4)16-17-8-10-20(23)11-9-17)26-15-18-6-5-7-19(14-18)21(29)25-12-13-27(2)3/h5-11,14H,12-13,15-16H2,1-4H3,(H,24,26)(H,25,29). The lowest BCUT2D eigenvalue weighted by Gasteiger charge is -2.22. The molecule has 0 aliphatic carbocycles. The molecule has 0 spiro atoms. The first kappa shape index (κ1) is 22.7. The van der Waals surface area contributed by atoms with Crippen molar-refractivity contribution in [2.75, 3.05) is 41.3 Å². The highest BCUT2D eigenvalue weighted by molar-refractivity contribution is 6.30. The van der Waals surface area contributed by atoms with Gasteiger partial charge >= 0.3 is 0 Å². The van der Waals surface area contributed by atoms with Gasteiger partial charge in [-0.25, -0.2) is 0 Å². The van der Waals surface area contributed by atoms with Gasteiger partial charge in [0.2, 0.25) is 0 Å². The number of aliphatic imine (C=N–C) groups is 1. The summed E-state index contributed by atoms with van der Waals surface area (Å²) in [5.74, 6) is 0.721. The van der Waals surface area contributed by atoms with Gasteiger partial charge in [-0.2, -0.15) is 0 Å². The van der Waals surface area contributed by atoms with Crippen LogP contribution in [0, 0.1) is 0 Å². The van der Waals surface area contributed by atoms with Gasteiger partial charge in [-0.3, -0.25) is 9.79 Å². The average Bonchev–Trinajstić information content (AvgIpc) is 2.70. The molecule has 0 unspecified atom stereocenters. The largest absolute Gasteiger partial charge is 0.352 e. The van der Waals surface area contributed by atoms with Crippen LogP contribution < -0.4 is 10.6 Å². The van der Waals surface area contributed by atoms with Crippen molar-refractivity contribution in [3.63, 3.8) is 0 Å². The Bertz CT molecular complexity index is 820. The Kier molecular flexibility index (Phi) is 8.96. The highest BCUT2D eigenvalue weighted by atomic mass is 35.5. The van der Waals surface area contributed by atoms with Crippen LogP contribution >= 0.6 is 11.6 Å². The molecule has 2 aromatic carbocycles. The molecule has 29 heavy (non-hydrogen) atoms. The highest BCUT2D eigenvalue weighted by Crippen LogP contribution is 2.11. The number of hydrogen-bond donors (Lipinski definition) is 2. The van der Waals surface area contributed by atoms with Gasteiger partial charge in [-0.1, -0.05) is 35.9 Å². The molecule has 2 aromatic rings. The quantitative estimate of drug-likeness (QED) is 0.514. The van der Waals surface area contributed by atoms with Crippen LogP contribution in [-0.2, 0) is 13.1 Å². The van der Waals surface area contributed by atoms with E-state index in [2.05, 4.69) is 15.6 Å². The number of carbonyl (C=O) groups is 1. The number of halogens is 1. The Morgan fingerprint density at radius 3 is 2.41 bits per heavy atom. The van der Waals surface area contributed by atoms with Crippen LogP contribution in [0.1, 0.15) is 21.5 Å². The van der Waals surface area contributed by atoms with Crippen molar-refractivity contribution >= 4 is 23.5 Å². The summed E-state index contributed by atoms with van der Waals surface area (Å²) in [6.45, 7) is 2.72. The summed E-state index contributed by atoms with van der Waals surface area (Å²) in [5.41, 5.74) is 2.83. The second-order valence-corrected chi connectivity index (χ2v) is 7.58. The minimum atomic E-state index is -0.0575. The maximum absolute atomic E-state index is 12.3. The molecule has 0 bridgehead atoms. The number of carbonyl (C=O) groups excluding carboxylic acids is 1. The molecular formula is C22H30ClN5O. The number of hydrogen-bond acceptors (Lipinski definition) is 3. The number of nitrogens with one attached hydrogen (secondary N) is 2. The van der Waals surface area contributed by atoms with E-state index in [-0.39, 0.29) is 5.91 Å². The van der Waals surface area contributed by atoms with Crippen molar-refractivity contribution < 1.29 is 4.79 Å². The predicted octanol–water partition coefficient (Wildman–Crippen LogP) is 2.84. The van der Waals surface area contributed by atoms with Crippen LogP contribution in [0.15, 0.2) is 53.5 Å². The third kappa shape index (κ3) is 7.75. The van der Waals surface area contributed by atoms with Crippen molar-refractivity contribution in [2.45, 2.75) is 13.1 Å². The Labute approximate surface area is 178 Å². The number of guanidine groups is 1. The minimum absolute atomic E-state index is 0.0575. The zero-order valence-electron chi connectivity index (χ0n) is 17.6. The van der Waals surface area contributed by atoms with E-state index >= 15 is 0 Å². The average molecular weight is 416 g/mol. The Balaban J connectivity index is 1.91. The fourth-order valence-electron chi connectivity index (χ4n) is 2.82. The van der Waals surface area contributed by atoms with E-state index in [4.69, 9.17) is 11.6 Å². The number of nitrogens with zero attached hydrogens (tertiary/aromatic N) is 3. The molecule has 0 heterocycles. The van der Waals surface area contributed by atoms with Crippen molar-refractivity contribution in [1.29, 1.82) is 0 Å². The molecule has 6 nitrogen and oxygen atoms in total. The van der Waals surface area contributed by atoms with Crippen molar-refractivity contribution in [2.24, 2.45) is 4.99 Å². The topological polar surface area (TPSA) is 60.0 Å². The molecule has 0 saturated carbocycles. The fraction of sp³-hybridized carbons (Fsp3) is 0.364. The predicted molar refractivity (Wildman–Crippen MR) is 120 cm³/mol. The maximum Gasteiger partial charge on any atom is 0.251 e. The second kappa shape index (κ2) is 11.4. The highest BCUT2D eigenvalue weighted by Gasteiger charge is 2.09. The maximum atomic E-state index is 12.3. The van der Waals surface area contributed by atoms with Crippen LogP contribution in [0.5, 0.6) is 0 Å². The van der Waals surface area contributed by atoms with Gasteiger partial charge in [-0.05, 0) is 49.5 Å². The molecule has 2 rings (SSSR count). The van der Waals surface area contributed by atoms with Gasteiger partial charge in [0.1, 0.15) is 0 Å². The number of benzene rings is 2. The summed E-state index contributed by atoms with van der Waals surface area (Å²) in [6, 6.07) is 15.4. The van der Waals surface area contributed by atoms with Gasteiger partial charge < -0.3 is 20.4 Å². The molecule has 1 amide bonds. The minimum Gasteiger partial charge on any atom is -0.352 e. The zero-order chi connectivity index (χ0) is 21.2. The molecule has 0 aromatic heterocycles. The van der Waals surface area contributed by atoms with Crippen LogP contribution in [0.2, 0.25) is 5.02 Å². The van der Waals surface area contributed by atoms with Crippen LogP contribution in [0.4, 0.5) is 0 Å². The lowest BCUT2D eigenvalue weighted by atomic mass is 10.1. The third-order valence-corrected chi connectivity index (χ3v) is 4.64. The molecule has 0 fully saturated rings. The van der Waals surface area contributed by atoms with E-state index in [1.165, 1.54) is 0 Å². The summed E-state index contributed by atoms with van der Waals surface area (Å²) in [5, 5.41) is 7.02. The van der Waals surface area contributed by atoms with Crippen LogP contribution in [0.3, 0.4) is 0 Å². The Morgan fingerprint density at radius 2 is 1.76 bits per heavy atom. The summed E-state index contributed by atoms with van der Waals surface area (Å²) in [4.78, 5) is 20.7.